The number of rotatable bonds is 6. The number of nitrogens with zero attached hydrogens (tertiary/aromatic N) is 1. The largest absolute Gasteiger partial charge is 0.573 e. The van der Waals surface area contributed by atoms with Crippen molar-refractivity contribution in [2.45, 2.75) is 11.7 Å². The van der Waals surface area contributed by atoms with Gasteiger partial charge in [-0.2, -0.15) is 5.10 Å². The fraction of sp³-hybridized carbons (Fsp3) is 0.111. The Morgan fingerprint density at radius 3 is 2.64 bits per heavy atom. The quantitative estimate of drug-likeness (QED) is 0.470. The molecule has 0 aliphatic heterocycles. The van der Waals surface area contributed by atoms with Crippen LogP contribution in [-0.4, -0.2) is 22.5 Å². The predicted molar refractivity (Wildman–Crippen MR) is 102 cm³/mol. The van der Waals surface area contributed by atoms with Gasteiger partial charge >= 0.3 is 6.36 Å². The third-order valence-electron chi connectivity index (χ3n) is 3.77. The normalized spacial score (nSPS) is 11.3. The van der Waals surface area contributed by atoms with Crippen LogP contribution >= 0.6 is 15.9 Å². The zero-order chi connectivity index (χ0) is 20.3. The predicted octanol–water partition coefficient (Wildman–Crippen LogP) is 4.71. The number of halogens is 4. The number of hydrogen-bond donors (Lipinski definition) is 3. The number of amides is 1. The van der Waals surface area contributed by atoms with Crippen LogP contribution in [0.5, 0.6) is 5.75 Å². The Labute approximate surface area is 166 Å². The number of hydrogen-bond acceptors (Lipinski definition) is 4. The number of carbonyl (C=O) groups excluding carboxylic acids is 1. The van der Waals surface area contributed by atoms with Gasteiger partial charge in [0.15, 0.2) is 0 Å². The minimum Gasteiger partial charge on any atom is -0.405 e. The molecule has 0 aliphatic carbocycles. The highest BCUT2D eigenvalue weighted by molar-refractivity contribution is 9.08. The summed E-state index contributed by atoms with van der Waals surface area (Å²) in [5.74, 6) is -1.69. The van der Waals surface area contributed by atoms with Crippen molar-refractivity contribution < 1.29 is 22.7 Å². The molecule has 4 N–H and O–H groups in total. The number of primary amides is 1. The van der Waals surface area contributed by atoms with Gasteiger partial charge in [-0.15, -0.1) is 13.2 Å². The third kappa shape index (κ3) is 4.63. The topological polar surface area (TPSA) is 93.0 Å². The number of carbonyl (C=O) groups is 1. The zero-order valence-electron chi connectivity index (χ0n) is 14.2. The molecule has 3 rings (SSSR count). The molecule has 3 aromatic rings. The van der Waals surface area contributed by atoms with Gasteiger partial charge in [0.1, 0.15) is 5.75 Å². The van der Waals surface area contributed by atoms with Crippen molar-refractivity contribution in [2.24, 2.45) is 5.73 Å². The first-order chi connectivity index (χ1) is 13.3. The number of nitrogens with two attached hydrogens (primary N) is 1. The van der Waals surface area contributed by atoms with E-state index in [-0.39, 0.29) is 5.56 Å². The summed E-state index contributed by atoms with van der Waals surface area (Å²) in [7, 11) is 0. The fourth-order valence-corrected chi connectivity index (χ4v) is 3.02. The van der Waals surface area contributed by atoms with Gasteiger partial charge in [-0.1, -0.05) is 28.1 Å². The maximum absolute atomic E-state index is 12.6. The molecular formula is C18H14BrF3N4O2. The van der Waals surface area contributed by atoms with Crippen molar-refractivity contribution >= 4 is 33.2 Å². The van der Waals surface area contributed by atoms with E-state index in [1.54, 1.807) is 18.3 Å². The highest BCUT2D eigenvalue weighted by Crippen LogP contribution is 2.31. The van der Waals surface area contributed by atoms with Crippen LogP contribution in [0, 0.1) is 0 Å². The highest BCUT2D eigenvalue weighted by Gasteiger charge is 2.33. The number of ether oxygens (including phenoxy) is 1. The summed E-state index contributed by atoms with van der Waals surface area (Å²) in [5, 5.41) is 10.5. The van der Waals surface area contributed by atoms with Crippen LogP contribution in [0.25, 0.3) is 11.3 Å². The molecular weight excluding hydrogens is 441 g/mol. The molecule has 2 aromatic carbocycles. The molecule has 0 saturated carbocycles. The monoisotopic (exact) mass is 454 g/mol. The Morgan fingerprint density at radius 1 is 1.21 bits per heavy atom. The minimum absolute atomic E-state index is 0.298. The van der Waals surface area contributed by atoms with Crippen LogP contribution in [-0.2, 0) is 5.33 Å². The Balaban J connectivity index is 1.91. The Kier molecular flexibility index (Phi) is 5.59. The molecule has 1 amide bonds. The maximum atomic E-state index is 12.6. The molecule has 0 radical (unpaired) electrons. The van der Waals surface area contributed by atoms with E-state index in [2.05, 4.69) is 36.2 Å². The van der Waals surface area contributed by atoms with E-state index in [0.717, 1.165) is 22.9 Å². The van der Waals surface area contributed by atoms with Crippen molar-refractivity contribution in [2.75, 3.05) is 5.32 Å². The van der Waals surface area contributed by atoms with E-state index in [4.69, 9.17) is 5.73 Å². The van der Waals surface area contributed by atoms with Gasteiger partial charge in [0.25, 0.3) is 5.91 Å². The molecule has 146 valence electrons. The van der Waals surface area contributed by atoms with Crippen LogP contribution in [0.3, 0.4) is 0 Å². The van der Waals surface area contributed by atoms with E-state index < -0.39 is 18.0 Å². The molecule has 1 heterocycles. The molecule has 0 atom stereocenters. The van der Waals surface area contributed by atoms with Crippen molar-refractivity contribution in [3.05, 3.63) is 59.8 Å². The Bertz CT molecular complexity index is 1000. The number of anilines is 2. The molecule has 1 aromatic heterocycles. The van der Waals surface area contributed by atoms with Crippen molar-refractivity contribution in [1.82, 2.24) is 10.2 Å². The van der Waals surface area contributed by atoms with Gasteiger partial charge in [0, 0.05) is 33.9 Å². The SMILES string of the molecule is NC(=O)c1ccc(Nc2cccc(-c3[nH]ncc3CBr)c2)cc1OC(F)(F)F. The van der Waals surface area contributed by atoms with Gasteiger partial charge in [-0.05, 0) is 24.3 Å². The Morgan fingerprint density at radius 2 is 1.96 bits per heavy atom. The first kappa shape index (κ1) is 19.7. The fourth-order valence-electron chi connectivity index (χ4n) is 2.59. The number of aromatic amines is 1. The number of benzene rings is 2. The second kappa shape index (κ2) is 7.93. The number of H-pyrrole nitrogens is 1. The van der Waals surface area contributed by atoms with E-state index in [0.29, 0.717) is 16.7 Å². The summed E-state index contributed by atoms with van der Waals surface area (Å²) in [4.78, 5) is 11.4. The molecule has 0 unspecified atom stereocenters. The van der Waals surface area contributed by atoms with E-state index >= 15 is 0 Å². The van der Waals surface area contributed by atoms with E-state index in [1.807, 2.05) is 12.1 Å². The van der Waals surface area contributed by atoms with Gasteiger partial charge in [-0.25, -0.2) is 0 Å². The summed E-state index contributed by atoms with van der Waals surface area (Å²) in [6.07, 6.45) is -3.25. The first-order valence-electron chi connectivity index (χ1n) is 7.92. The molecule has 0 bridgehead atoms. The summed E-state index contributed by atoms with van der Waals surface area (Å²) in [6.45, 7) is 0. The standard InChI is InChI=1S/C18H14BrF3N4O2/c19-8-11-9-24-26-16(11)10-2-1-3-12(6-10)25-13-4-5-14(17(23)27)15(7-13)28-18(20,21)22/h1-7,9,25H,8H2,(H2,23,27)(H,24,26). The lowest BCUT2D eigenvalue weighted by Gasteiger charge is -2.14. The van der Waals surface area contributed by atoms with Gasteiger partial charge in [0.05, 0.1) is 17.5 Å². The van der Waals surface area contributed by atoms with E-state index in [9.17, 15) is 18.0 Å². The van der Waals surface area contributed by atoms with Crippen molar-refractivity contribution in [3.8, 4) is 17.0 Å². The summed E-state index contributed by atoms with van der Waals surface area (Å²) >= 11 is 3.39. The minimum atomic E-state index is -4.95. The van der Waals surface area contributed by atoms with Crippen LogP contribution in [0.2, 0.25) is 0 Å². The average molecular weight is 455 g/mol. The van der Waals surface area contributed by atoms with Crippen molar-refractivity contribution in [1.29, 1.82) is 0 Å². The van der Waals surface area contributed by atoms with Gasteiger partial charge in [0.2, 0.25) is 0 Å². The van der Waals surface area contributed by atoms with Gasteiger partial charge < -0.3 is 15.8 Å². The summed E-state index contributed by atoms with van der Waals surface area (Å²) in [5.41, 5.74) is 8.30. The smallest absolute Gasteiger partial charge is 0.405 e. The molecule has 0 spiro atoms. The third-order valence-corrected chi connectivity index (χ3v) is 4.38. The number of aromatic nitrogens is 2. The molecule has 0 saturated heterocycles. The highest BCUT2D eigenvalue weighted by atomic mass is 79.9. The molecule has 6 nitrogen and oxygen atoms in total. The molecule has 0 aliphatic rings. The first-order valence-corrected chi connectivity index (χ1v) is 9.04. The van der Waals surface area contributed by atoms with Crippen LogP contribution in [0.1, 0.15) is 15.9 Å². The lowest BCUT2D eigenvalue weighted by atomic mass is 10.1. The second-order valence-electron chi connectivity index (χ2n) is 5.73. The molecule has 0 fully saturated rings. The van der Waals surface area contributed by atoms with E-state index in [1.165, 1.54) is 12.1 Å². The molecule has 28 heavy (non-hydrogen) atoms. The van der Waals surface area contributed by atoms with Crippen molar-refractivity contribution in [3.63, 3.8) is 0 Å². The summed E-state index contributed by atoms with van der Waals surface area (Å²) in [6, 6.07) is 10.9. The van der Waals surface area contributed by atoms with Crippen LogP contribution < -0.4 is 15.8 Å². The lowest BCUT2D eigenvalue weighted by molar-refractivity contribution is -0.274. The average Bonchev–Trinajstić information content (AvgIpc) is 3.09. The maximum Gasteiger partial charge on any atom is 0.573 e. The number of alkyl halides is 4. The van der Waals surface area contributed by atoms with Crippen LogP contribution in [0.4, 0.5) is 24.5 Å². The van der Waals surface area contributed by atoms with Crippen LogP contribution in [0.15, 0.2) is 48.7 Å². The zero-order valence-corrected chi connectivity index (χ0v) is 15.8. The lowest BCUT2D eigenvalue weighted by Crippen LogP contribution is -2.21. The van der Waals surface area contributed by atoms with Gasteiger partial charge in [-0.3, -0.25) is 9.89 Å². The summed E-state index contributed by atoms with van der Waals surface area (Å²) < 4.78 is 41.8. The Hall–Kier alpha value is -3.01. The second-order valence-corrected chi connectivity index (χ2v) is 6.29. The molecule has 10 heteroatoms. The number of nitrogens with one attached hydrogen (secondary N) is 2.